The Morgan fingerprint density at radius 1 is 1.14 bits per heavy atom. The van der Waals surface area contributed by atoms with Crippen LogP contribution in [0.1, 0.15) is 49.0 Å². The third-order valence-corrected chi connectivity index (χ3v) is 7.46. The van der Waals surface area contributed by atoms with Gasteiger partial charge in [-0.1, -0.05) is 0 Å². The molecule has 0 bridgehead atoms. The first kappa shape index (κ1) is 25.0. The van der Waals surface area contributed by atoms with Crippen LogP contribution in [0.15, 0.2) is 30.6 Å². The van der Waals surface area contributed by atoms with E-state index in [-0.39, 0.29) is 17.8 Å². The normalized spacial score (nSPS) is 20.3. The number of nitrogens with one attached hydrogen (secondary N) is 1. The van der Waals surface area contributed by atoms with Crippen molar-refractivity contribution >= 4 is 28.9 Å². The Kier molecular flexibility index (Phi) is 6.78. The summed E-state index contributed by atoms with van der Waals surface area (Å²) in [7, 11) is 0. The summed E-state index contributed by atoms with van der Waals surface area (Å²) in [6.07, 6.45) is 0.264. The van der Waals surface area contributed by atoms with Crippen molar-refractivity contribution in [3.8, 4) is 10.6 Å². The molecule has 1 aliphatic rings. The summed E-state index contributed by atoms with van der Waals surface area (Å²) >= 11 is 1.28. The Morgan fingerprint density at radius 2 is 1.86 bits per heavy atom. The molecular weight excluding hydrogens is 483 g/mol. The number of carboxylic acid groups (broad SMARTS) is 1. The van der Waals surface area contributed by atoms with Crippen LogP contribution in [0.4, 0.5) is 24.8 Å². The number of carbonyl (C=O) groups is 1. The number of alkyl halides is 3. The molecule has 35 heavy (non-hydrogen) atoms. The van der Waals surface area contributed by atoms with E-state index < -0.39 is 23.4 Å². The molecule has 4 rings (SSSR count). The Balaban J connectivity index is 1.54. The van der Waals surface area contributed by atoms with E-state index in [2.05, 4.69) is 25.3 Å². The smallest absolute Gasteiger partial charge is 0.433 e. The minimum Gasteiger partial charge on any atom is -0.481 e. The highest BCUT2D eigenvalue weighted by atomic mass is 32.1. The van der Waals surface area contributed by atoms with Gasteiger partial charge in [-0.25, -0.2) is 15.0 Å². The number of aliphatic carboxylic acids is 1. The molecule has 0 saturated heterocycles. The van der Waals surface area contributed by atoms with E-state index in [9.17, 15) is 28.2 Å². The molecule has 12 heteroatoms. The van der Waals surface area contributed by atoms with E-state index in [1.54, 1.807) is 32.2 Å². The highest BCUT2D eigenvalue weighted by Crippen LogP contribution is 2.43. The quantitative estimate of drug-likeness (QED) is 0.418. The zero-order valence-corrected chi connectivity index (χ0v) is 19.8. The monoisotopic (exact) mass is 507 g/mol. The summed E-state index contributed by atoms with van der Waals surface area (Å²) in [6, 6.07) is 4.11. The van der Waals surface area contributed by atoms with Gasteiger partial charge < -0.3 is 15.5 Å². The van der Waals surface area contributed by atoms with Crippen molar-refractivity contribution in [1.29, 1.82) is 0 Å². The minimum absolute atomic E-state index is 0.113. The summed E-state index contributed by atoms with van der Waals surface area (Å²) in [5, 5.41) is 23.8. The van der Waals surface area contributed by atoms with Gasteiger partial charge in [0.25, 0.3) is 0 Å². The Bertz CT molecular complexity index is 1220. The van der Waals surface area contributed by atoms with Gasteiger partial charge in [0.2, 0.25) is 5.95 Å². The number of hydrogen-bond acceptors (Lipinski definition) is 8. The van der Waals surface area contributed by atoms with Crippen LogP contribution in [-0.4, -0.2) is 36.1 Å². The number of hydrogen-bond donors (Lipinski definition) is 3. The molecule has 0 amide bonds. The van der Waals surface area contributed by atoms with Gasteiger partial charge in [-0.3, -0.25) is 9.78 Å². The Labute approximate surface area is 203 Å². The van der Waals surface area contributed by atoms with Crippen LogP contribution in [0.3, 0.4) is 0 Å². The van der Waals surface area contributed by atoms with Crippen molar-refractivity contribution < 1.29 is 28.2 Å². The van der Waals surface area contributed by atoms with Crippen LogP contribution in [-0.2, 0) is 16.6 Å². The third-order valence-electron chi connectivity index (χ3n) is 6.22. The summed E-state index contributed by atoms with van der Waals surface area (Å²) in [5.41, 5.74) is -0.657. The standard InChI is InChI=1S/C23H24F3N5O3S/c1-12-9-15(30-21-27-8-7-18(31-21)23(24,25)26)10-16(29-12)17-11-28-20(35-17)22(2,34)14-5-3-13(4-6-14)19(32)33/h7-11,13-14,34H,3-6H2,1-2H3,(H,32,33)(H,27,29,30,31). The molecule has 3 aromatic heterocycles. The SMILES string of the molecule is Cc1cc(Nc2nccc(C(F)(F)F)n2)cc(-c2cnc(C(C)(O)C3CCC(C(=O)O)CC3)s2)n1. The number of anilines is 2. The molecule has 1 fully saturated rings. The van der Waals surface area contributed by atoms with E-state index in [0.29, 0.717) is 52.6 Å². The lowest BCUT2D eigenvalue weighted by Crippen LogP contribution is -2.35. The summed E-state index contributed by atoms with van der Waals surface area (Å²) < 4.78 is 38.9. The summed E-state index contributed by atoms with van der Waals surface area (Å²) in [5.74, 6) is -1.48. The number of thiazole rings is 1. The van der Waals surface area contributed by atoms with Crippen molar-refractivity contribution in [2.75, 3.05) is 5.32 Å². The molecule has 0 spiro atoms. The zero-order chi connectivity index (χ0) is 25.4. The van der Waals surface area contributed by atoms with Crippen LogP contribution in [0.25, 0.3) is 10.6 Å². The van der Waals surface area contributed by atoms with Crippen LogP contribution >= 0.6 is 11.3 Å². The highest BCUT2D eigenvalue weighted by Gasteiger charge is 2.40. The van der Waals surface area contributed by atoms with Crippen LogP contribution < -0.4 is 5.32 Å². The maximum absolute atomic E-state index is 13.0. The van der Waals surface area contributed by atoms with Crippen molar-refractivity contribution in [1.82, 2.24) is 19.9 Å². The van der Waals surface area contributed by atoms with Gasteiger partial charge in [-0.2, -0.15) is 13.2 Å². The van der Waals surface area contributed by atoms with Gasteiger partial charge in [0.1, 0.15) is 16.3 Å². The van der Waals surface area contributed by atoms with Crippen molar-refractivity contribution in [2.24, 2.45) is 11.8 Å². The van der Waals surface area contributed by atoms with Crippen LogP contribution in [0.5, 0.6) is 0 Å². The molecule has 3 aromatic rings. The fraction of sp³-hybridized carbons (Fsp3) is 0.435. The summed E-state index contributed by atoms with van der Waals surface area (Å²) in [4.78, 5) is 28.2. The molecule has 1 aliphatic carbocycles. The van der Waals surface area contributed by atoms with Gasteiger partial charge in [-0.15, -0.1) is 11.3 Å². The molecule has 1 atom stereocenters. The van der Waals surface area contributed by atoms with Crippen molar-refractivity contribution in [3.63, 3.8) is 0 Å². The van der Waals surface area contributed by atoms with E-state index >= 15 is 0 Å². The number of nitrogens with zero attached hydrogens (tertiary/aromatic N) is 4. The third kappa shape index (κ3) is 5.59. The largest absolute Gasteiger partial charge is 0.481 e. The van der Waals surface area contributed by atoms with E-state index in [1.807, 2.05) is 0 Å². The highest BCUT2D eigenvalue weighted by molar-refractivity contribution is 7.15. The van der Waals surface area contributed by atoms with Crippen molar-refractivity contribution in [3.05, 3.63) is 47.0 Å². The predicted molar refractivity (Wildman–Crippen MR) is 123 cm³/mol. The number of aryl methyl sites for hydroxylation is 1. The second-order valence-corrected chi connectivity index (χ2v) is 9.87. The van der Waals surface area contributed by atoms with Crippen LogP contribution in [0.2, 0.25) is 0 Å². The van der Waals surface area contributed by atoms with E-state index in [0.717, 1.165) is 12.3 Å². The molecule has 3 heterocycles. The number of aliphatic hydroxyl groups is 1. The predicted octanol–water partition coefficient (Wildman–Crippen LogP) is 5.16. The van der Waals surface area contributed by atoms with Gasteiger partial charge in [-0.05, 0) is 63.6 Å². The maximum atomic E-state index is 13.0. The van der Waals surface area contributed by atoms with E-state index in [4.69, 9.17) is 0 Å². The Morgan fingerprint density at radius 3 is 2.51 bits per heavy atom. The molecule has 3 N–H and O–H groups in total. The second kappa shape index (κ2) is 9.50. The first-order valence-corrected chi connectivity index (χ1v) is 11.8. The minimum atomic E-state index is -4.58. The van der Waals surface area contributed by atoms with Gasteiger partial charge >= 0.3 is 12.1 Å². The van der Waals surface area contributed by atoms with Gasteiger partial charge in [0.05, 0.1) is 16.5 Å². The fourth-order valence-corrected chi connectivity index (χ4v) is 5.28. The average Bonchev–Trinajstić information content (AvgIpc) is 3.30. The molecule has 186 valence electrons. The molecule has 0 aromatic carbocycles. The maximum Gasteiger partial charge on any atom is 0.433 e. The van der Waals surface area contributed by atoms with Gasteiger partial charge in [0.15, 0.2) is 0 Å². The molecule has 0 aliphatic heterocycles. The summed E-state index contributed by atoms with van der Waals surface area (Å²) in [6.45, 7) is 3.45. The number of carboxylic acids is 1. The fourth-order valence-electron chi connectivity index (χ4n) is 4.28. The molecule has 8 nitrogen and oxygen atoms in total. The van der Waals surface area contributed by atoms with Gasteiger partial charge in [0, 0.05) is 23.8 Å². The number of aromatic nitrogens is 4. The first-order chi connectivity index (χ1) is 16.4. The number of rotatable bonds is 6. The molecular formula is C23H24F3N5O3S. The first-order valence-electron chi connectivity index (χ1n) is 11.0. The lowest BCUT2D eigenvalue weighted by atomic mass is 9.74. The average molecular weight is 508 g/mol. The molecule has 1 unspecified atom stereocenters. The van der Waals surface area contributed by atoms with E-state index in [1.165, 1.54) is 11.3 Å². The number of pyridine rings is 1. The lowest BCUT2D eigenvalue weighted by Gasteiger charge is -2.35. The number of halogens is 3. The van der Waals surface area contributed by atoms with Crippen LogP contribution in [0, 0.1) is 18.8 Å². The topological polar surface area (TPSA) is 121 Å². The van der Waals surface area contributed by atoms with Crippen molar-refractivity contribution in [2.45, 2.75) is 51.3 Å². The molecule has 1 saturated carbocycles. The lowest BCUT2D eigenvalue weighted by molar-refractivity contribution is -0.144. The molecule has 0 radical (unpaired) electrons. The zero-order valence-electron chi connectivity index (χ0n) is 19.0. The Hall–Kier alpha value is -3.12. The second-order valence-electron chi connectivity index (χ2n) is 8.83.